The zero-order valence-corrected chi connectivity index (χ0v) is 11.7. The first-order chi connectivity index (χ1) is 9.40. The van der Waals surface area contributed by atoms with E-state index in [2.05, 4.69) is 4.72 Å². The van der Waals surface area contributed by atoms with Crippen LogP contribution >= 0.6 is 0 Å². The summed E-state index contributed by atoms with van der Waals surface area (Å²) in [6.45, 7) is 3.00. The third kappa shape index (κ3) is 2.91. The van der Waals surface area contributed by atoms with E-state index in [0.29, 0.717) is 5.56 Å². The smallest absolute Gasteiger partial charge is 0.185 e. The molecule has 6 heteroatoms. The second-order valence-corrected chi connectivity index (χ2v) is 5.52. The lowest BCUT2D eigenvalue weighted by atomic mass is 10.2. The highest BCUT2D eigenvalue weighted by Gasteiger charge is 2.21. The Morgan fingerprint density at radius 1 is 1.00 bits per heavy atom. The van der Waals surface area contributed by atoms with Gasteiger partial charge >= 0.3 is 0 Å². The average Bonchev–Trinajstić information content (AvgIpc) is 2.36. The van der Waals surface area contributed by atoms with Crippen LogP contribution in [0, 0.1) is 31.3 Å². The molecule has 0 saturated heterocycles. The molecule has 0 radical (unpaired) electrons. The second-order valence-electron chi connectivity index (χ2n) is 4.34. The van der Waals surface area contributed by atoms with Crippen molar-refractivity contribution >= 4 is 17.0 Å². The fourth-order valence-electron chi connectivity index (χ4n) is 1.73. The zero-order chi connectivity index (χ0) is 14.9. The van der Waals surface area contributed by atoms with Gasteiger partial charge in [0.25, 0.3) is 0 Å². The van der Waals surface area contributed by atoms with E-state index >= 15 is 0 Å². The van der Waals surface area contributed by atoms with Crippen molar-refractivity contribution in [1.82, 2.24) is 0 Å². The van der Waals surface area contributed by atoms with Crippen LogP contribution in [-0.4, -0.2) is 4.55 Å². The number of halogens is 3. The van der Waals surface area contributed by atoms with Crippen LogP contribution in [0.15, 0.2) is 35.2 Å². The SMILES string of the molecule is Cc1cc(F)c(N[S+]([O-])c2cccc(F)c2C)c(F)c1. The van der Waals surface area contributed by atoms with E-state index in [-0.39, 0.29) is 10.5 Å². The van der Waals surface area contributed by atoms with Crippen molar-refractivity contribution in [1.29, 1.82) is 0 Å². The molecule has 1 N–H and O–H groups in total. The van der Waals surface area contributed by atoms with Crippen molar-refractivity contribution in [3.63, 3.8) is 0 Å². The van der Waals surface area contributed by atoms with Crippen molar-refractivity contribution in [2.75, 3.05) is 4.72 Å². The maximum atomic E-state index is 13.7. The van der Waals surface area contributed by atoms with Gasteiger partial charge in [-0.1, -0.05) is 6.07 Å². The minimum atomic E-state index is -1.95. The first kappa shape index (κ1) is 14.7. The highest BCUT2D eigenvalue weighted by atomic mass is 32.2. The Morgan fingerprint density at radius 3 is 2.20 bits per heavy atom. The molecule has 20 heavy (non-hydrogen) atoms. The van der Waals surface area contributed by atoms with Crippen LogP contribution in [-0.2, 0) is 11.4 Å². The van der Waals surface area contributed by atoms with Gasteiger partial charge in [0.05, 0.1) is 0 Å². The molecule has 106 valence electrons. The lowest BCUT2D eigenvalue weighted by Gasteiger charge is -2.14. The van der Waals surface area contributed by atoms with Gasteiger partial charge in [-0.05, 0) is 43.7 Å². The molecular weight excluding hydrogens is 287 g/mol. The van der Waals surface area contributed by atoms with Crippen molar-refractivity contribution in [2.45, 2.75) is 18.7 Å². The largest absolute Gasteiger partial charge is 0.588 e. The van der Waals surface area contributed by atoms with Gasteiger partial charge in [0, 0.05) is 5.56 Å². The molecule has 0 spiro atoms. The van der Waals surface area contributed by atoms with E-state index in [0.717, 1.165) is 12.1 Å². The molecule has 0 aliphatic heterocycles. The normalized spacial score (nSPS) is 12.3. The zero-order valence-electron chi connectivity index (χ0n) is 10.8. The summed E-state index contributed by atoms with van der Waals surface area (Å²) in [5, 5.41) is 0. The third-order valence-corrected chi connectivity index (χ3v) is 4.03. The number of hydrogen-bond acceptors (Lipinski definition) is 2. The standard InChI is InChI=1S/C14H12F3NOS/c1-8-6-11(16)14(12(17)7-8)18-20(19)13-5-3-4-10(15)9(13)2/h3-7,18H,1-2H3. The molecule has 1 unspecified atom stereocenters. The molecule has 0 fully saturated rings. The summed E-state index contributed by atoms with van der Waals surface area (Å²) in [7, 11) is 0. The first-order valence-corrected chi connectivity index (χ1v) is 6.94. The van der Waals surface area contributed by atoms with Crippen LogP contribution < -0.4 is 4.72 Å². The van der Waals surface area contributed by atoms with Gasteiger partial charge < -0.3 is 4.55 Å². The summed E-state index contributed by atoms with van der Waals surface area (Å²) < 4.78 is 55.0. The van der Waals surface area contributed by atoms with E-state index in [1.54, 1.807) is 6.92 Å². The van der Waals surface area contributed by atoms with Crippen LogP contribution in [0.1, 0.15) is 11.1 Å². The monoisotopic (exact) mass is 299 g/mol. The minimum absolute atomic E-state index is 0.143. The maximum Gasteiger partial charge on any atom is 0.185 e. The van der Waals surface area contributed by atoms with Gasteiger partial charge in [0.15, 0.2) is 22.2 Å². The van der Waals surface area contributed by atoms with Gasteiger partial charge in [-0.3, -0.25) is 0 Å². The van der Waals surface area contributed by atoms with Gasteiger partial charge in [-0.25, -0.2) is 13.2 Å². The predicted octanol–water partition coefficient (Wildman–Crippen LogP) is 3.86. The Balaban J connectivity index is 2.33. The lowest BCUT2D eigenvalue weighted by Crippen LogP contribution is -2.17. The van der Waals surface area contributed by atoms with Crippen LogP contribution in [0.25, 0.3) is 0 Å². The van der Waals surface area contributed by atoms with Crippen molar-refractivity contribution < 1.29 is 17.7 Å². The van der Waals surface area contributed by atoms with E-state index in [1.165, 1.54) is 25.1 Å². The Morgan fingerprint density at radius 2 is 1.60 bits per heavy atom. The molecule has 0 saturated carbocycles. The molecule has 0 aromatic heterocycles. The summed E-state index contributed by atoms with van der Waals surface area (Å²) in [6.07, 6.45) is 0. The van der Waals surface area contributed by atoms with Crippen LogP contribution in [0.4, 0.5) is 18.9 Å². The van der Waals surface area contributed by atoms with Crippen molar-refractivity contribution in [3.8, 4) is 0 Å². The van der Waals surface area contributed by atoms with Crippen LogP contribution in [0.3, 0.4) is 0 Å². The summed E-state index contributed by atoms with van der Waals surface area (Å²) >= 11 is -1.95. The lowest BCUT2D eigenvalue weighted by molar-refractivity contribution is 0.579. The molecule has 0 aliphatic carbocycles. The van der Waals surface area contributed by atoms with E-state index in [1.807, 2.05) is 0 Å². The predicted molar refractivity (Wildman–Crippen MR) is 72.3 cm³/mol. The number of rotatable bonds is 3. The number of hydrogen-bond donors (Lipinski definition) is 1. The van der Waals surface area contributed by atoms with Gasteiger partial charge in [0.2, 0.25) is 0 Å². The molecule has 0 aliphatic rings. The quantitative estimate of drug-likeness (QED) is 0.874. The van der Waals surface area contributed by atoms with Gasteiger partial charge in [-0.2, -0.15) is 4.72 Å². The van der Waals surface area contributed by atoms with Crippen LogP contribution in [0.5, 0.6) is 0 Å². The van der Waals surface area contributed by atoms with Crippen molar-refractivity contribution in [2.24, 2.45) is 0 Å². The second kappa shape index (κ2) is 5.76. The number of anilines is 1. The molecule has 0 bridgehead atoms. The summed E-state index contributed by atoms with van der Waals surface area (Å²) in [5.74, 6) is -2.21. The maximum absolute atomic E-state index is 13.7. The van der Waals surface area contributed by atoms with Crippen molar-refractivity contribution in [3.05, 3.63) is 58.9 Å². The van der Waals surface area contributed by atoms with Gasteiger partial charge in [0.1, 0.15) is 17.2 Å². The molecule has 2 nitrogen and oxygen atoms in total. The van der Waals surface area contributed by atoms with E-state index in [4.69, 9.17) is 0 Å². The molecule has 0 heterocycles. The topological polar surface area (TPSA) is 35.1 Å². The Hall–Kier alpha value is -1.66. The Kier molecular flexibility index (Phi) is 4.25. The first-order valence-electron chi connectivity index (χ1n) is 5.79. The number of aryl methyl sites for hydroxylation is 1. The number of nitrogens with one attached hydrogen (secondary N) is 1. The highest BCUT2D eigenvalue weighted by Crippen LogP contribution is 2.25. The fraction of sp³-hybridized carbons (Fsp3) is 0.143. The van der Waals surface area contributed by atoms with Crippen LogP contribution in [0.2, 0.25) is 0 Å². The highest BCUT2D eigenvalue weighted by molar-refractivity contribution is 7.92. The summed E-state index contributed by atoms with van der Waals surface area (Å²) in [4.78, 5) is 0.143. The number of benzene rings is 2. The molecule has 2 rings (SSSR count). The Labute approximate surface area is 117 Å². The molecule has 2 aromatic carbocycles. The third-order valence-electron chi connectivity index (χ3n) is 2.80. The molecule has 2 aromatic rings. The molecular formula is C14H12F3NOS. The Bertz CT molecular complexity index is 625. The van der Waals surface area contributed by atoms with E-state index in [9.17, 15) is 17.7 Å². The minimum Gasteiger partial charge on any atom is -0.588 e. The molecule has 1 atom stereocenters. The molecule has 0 amide bonds. The summed E-state index contributed by atoms with van der Waals surface area (Å²) in [6, 6.07) is 6.30. The van der Waals surface area contributed by atoms with E-state index < -0.39 is 34.5 Å². The fourth-order valence-corrected chi connectivity index (χ4v) is 2.80. The summed E-state index contributed by atoms with van der Waals surface area (Å²) in [5.41, 5.74) is 0.0992. The average molecular weight is 299 g/mol. The van der Waals surface area contributed by atoms with Gasteiger partial charge in [-0.15, -0.1) is 0 Å².